The maximum absolute atomic E-state index is 11.4. The largest absolute Gasteiger partial charge is 0.478 e. The fraction of sp³-hybridized carbons (Fsp3) is 0.261. The van der Waals surface area contributed by atoms with Gasteiger partial charge in [0, 0.05) is 24.4 Å². The van der Waals surface area contributed by atoms with Crippen molar-refractivity contribution in [2.75, 3.05) is 13.1 Å². The highest BCUT2D eigenvalue weighted by molar-refractivity contribution is 5.95. The molecule has 5 nitrogen and oxygen atoms in total. The van der Waals surface area contributed by atoms with E-state index >= 15 is 0 Å². The highest BCUT2D eigenvalue weighted by Crippen LogP contribution is 2.28. The third kappa shape index (κ3) is 4.10. The van der Waals surface area contributed by atoms with E-state index in [1.807, 2.05) is 36.5 Å². The molecule has 1 fully saturated rings. The minimum Gasteiger partial charge on any atom is -0.478 e. The number of carbonyl (C=O) groups is 1. The van der Waals surface area contributed by atoms with Crippen LogP contribution >= 0.6 is 0 Å². The number of piperidine rings is 1. The molecule has 0 aliphatic carbocycles. The van der Waals surface area contributed by atoms with Crippen molar-refractivity contribution in [1.82, 2.24) is 14.9 Å². The van der Waals surface area contributed by atoms with Gasteiger partial charge in [-0.1, -0.05) is 42.5 Å². The molecule has 0 atom stereocenters. The molecule has 5 heteroatoms. The molecule has 142 valence electrons. The first-order valence-corrected chi connectivity index (χ1v) is 9.60. The summed E-state index contributed by atoms with van der Waals surface area (Å²) in [5.41, 5.74) is 4.42. The lowest BCUT2D eigenvalue weighted by atomic mass is 9.93. The van der Waals surface area contributed by atoms with Crippen molar-refractivity contribution in [1.29, 1.82) is 0 Å². The summed E-state index contributed by atoms with van der Waals surface area (Å²) in [5, 5.41) is 9.39. The minimum atomic E-state index is -0.897. The number of carboxylic acid groups (broad SMARTS) is 1. The Morgan fingerprint density at radius 2 is 1.79 bits per heavy atom. The Balaban J connectivity index is 1.39. The second-order valence-electron chi connectivity index (χ2n) is 7.23. The van der Waals surface area contributed by atoms with Gasteiger partial charge in [-0.2, -0.15) is 0 Å². The van der Waals surface area contributed by atoms with Crippen LogP contribution in [0.1, 0.15) is 40.4 Å². The molecule has 1 aliphatic heterocycles. The first kappa shape index (κ1) is 18.3. The summed E-state index contributed by atoms with van der Waals surface area (Å²) in [6.07, 6.45) is 5.67. The zero-order valence-corrected chi connectivity index (χ0v) is 15.7. The van der Waals surface area contributed by atoms with Gasteiger partial charge < -0.3 is 5.11 Å². The van der Waals surface area contributed by atoms with Crippen molar-refractivity contribution in [2.24, 2.45) is 0 Å². The molecule has 4 rings (SSSR count). The van der Waals surface area contributed by atoms with Gasteiger partial charge in [0.2, 0.25) is 0 Å². The Bertz CT molecular complexity index is 934. The Hall–Kier alpha value is -3.05. The van der Waals surface area contributed by atoms with E-state index in [2.05, 4.69) is 27.0 Å². The van der Waals surface area contributed by atoms with Crippen LogP contribution in [0.15, 0.2) is 67.1 Å². The number of benzene rings is 2. The molecule has 2 aromatic carbocycles. The fourth-order valence-corrected chi connectivity index (χ4v) is 3.90. The highest BCUT2D eigenvalue weighted by atomic mass is 16.4. The van der Waals surface area contributed by atoms with Gasteiger partial charge in [0.05, 0.1) is 5.56 Å². The van der Waals surface area contributed by atoms with E-state index < -0.39 is 5.97 Å². The SMILES string of the molecule is O=C(O)c1ccccc1-c1ccc(CN2CCC(c3ccncn3)CC2)cc1. The number of carboxylic acids is 1. The average Bonchev–Trinajstić information content (AvgIpc) is 2.75. The molecule has 2 heterocycles. The molecule has 0 saturated carbocycles. The Morgan fingerprint density at radius 1 is 1.04 bits per heavy atom. The van der Waals surface area contributed by atoms with Crippen molar-refractivity contribution in [2.45, 2.75) is 25.3 Å². The third-order valence-electron chi connectivity index (χ3n) is 5.44. The van der Waals surface area contributed by atoms with Crippen LogP contribution in [0.5, 0.6) is 0 Å². The average molecular weight is 373 g/mol. The van der Waals surface area contributed by atoms with Crippen molar-refractivity contribution < 1.29 is 9.90 Å². The van der Waals surface area contributed by atoms with Gasteiger partial charge in [0.25, 0.3) is 0 Å². The van der Waals surface area contributed by atoms with E-state index in [1.54, 1.807) is 18.5 Å². The molecule has 28 heavy (non-hydrogen) atoms. The zero-order valence-electron chi connectivity index (χ0n) is 15.7. The monoisotopic (exact) mass is 373 g/mol. The number of rotatable bonds is 5. The summed E-state index contributed by atoms with van der Waals surface area (Å²) in [5.74, 6) is -0.375. The van der Waals surface area contributed by atoms with Gasteiger partial charge in [-0.25, -0.2) is 14.8 Å². The van der Waals surface area contributed by atoms with Gasteiger partial charge >= 0.3 is 5.97 Å². The Kier molecular flexibility index (Phi) is 5.44. The second kappa shape index (κ2) is 8.31. The number of aromatic carboxylic acids is 1. The molecule has 3 aromatic rings. The number of hydrogen-bond acceptors (Lipinski definition) is 4. The summed E-state index contributed by atoms with van der Waals surface area (Å²) in [6, 6.07) is 17.4. The molecule has 1 aliphatic rings. The van der Waals surface area contributed by atoms with Crippen LogP contribution in [-0.4, -0.2) is 39.0 Å². The number of likely N-dealkylation sites (tertiary alicyclic amines) is 1. The summed E-state index contributed by atoms with van der Waals surface area (Å²) in [7, 11) is 0. The summed E-state index contributed by atoms with van der Waals surface area (Å²) in [4.78, 5) is 22.3. The van der Waals surface area contributed by atoms with Crippen LogP contribution in [-0.2, 0) is 6.54 Å². The van der Waals surface area contributed by atoms with Crippen molar-refractivity contribution in [3.05, 3.63) is 83.9 Å². The lowest BCUT2D eigenvalue weighted by Crippen LogP contribution is -2.32. The van der Waals surface area contributed by atoms with E-state index in [0.717, 1.165) is 49.3 Å². The maximum Gasteiger partial charge on any atom is 0.336 e. The first-order valence-electron chi connectivity index (χ1n) is 9.60. The van der Waals surface area contributed by atoms with Crippen LogP contribution in [0.25, 0.3) is 11.1 Å². The van der Waals surface area contributed by atoms with E-state index in [0.29, 0.717) is 11.5 Å². The second-order valence-corrected chi connectivity index (χ2v) is 7.23. The van der Waals surface area contributed by atoms with Gasteiger partial charge in [-0.3, -0.25) is 4.90 Å². The van der Waals surface area contributed by atoms with Crippen LogP contribution in [0.2, 0.25) is 0 Å². The van der Waals surface area contributed by atoms with E-state index in [-0.39, 0.29) is 0 Å². The van der Waals surface area contributed by atoms with E-state index in [4.69, 9.17) is 0 Å². The molecule has 0 amide bonds. The lowest BCUT2D eigenvalue weighted by Gasteiger charge is -2.31. The van der Waals surface area contributed by atoms with Crippen LogP contribution in [0.4, 0.5) is 0 Å². The standard InChI is InChI=1S/C23H23N3O2/c27-23(28)21-4-2-1-3-20(21)18-7-5-17(6-8-18)15-26-13-10-19(11-14-26)22-9-12-24-16-25-22/h1-9,12,16,19H,10-11,13-15H2,(H,27,28). The predicted octanol–water partition coefficient (Wildman–Crippen LogP) is 4.22. The van der Waals surface area contributed by atoms with Gasteiger partial charge in [0.1, 0.15) is 6.33 Å². The molecule has 0 unspecified atom stereocenters. The van der Waals surface area contributed by atoms with E-state index in [1.165, 1.54) is 5.56 Å². The lowest BCUT2D eigenvalue weighted by molar-refractivity contribution is 0.0697. The van der Waals surface area contributed by atoms with Gasteiger partial charge in [0.15, 0.2) is 0 Å². The molecule has 1 aromatic heterocycles. The summed E-state index contributed by atoms with van der Waals surface area (Å²) in [6.45, 7) is 3.02. The normalized spacial score (nSPS) is 15.4. The van der Waals surface area contributed by atoms with Crippen molar-refractivity contribution in [3.8, 4) is 11.1 Å². The molecular weight excluding hydrogens is 350 g/mol. The quantitative estimate of drug-likeness (QED) is 0.725. The van der Waals surface area contributed by atoms with Crippen LogP contribution < -0.4 is 0 Å². The fourth-order valence-electron chi connectivity index (χ4n) is 3.90. The van der Waals surface area contributed by atoms with Crippen molar-refractivity contribution in [3.63, 3.8) is 0 Å². The van der Waals surface area contributed by atoms with Crippen molar-refractivity contribution >= 4 is 5.97 Å². The van der Waals surface area contributed by atoms with Gasteiger partial charge in [-0.05, 0) is 54.8 Å². The number of hydrogen-bond donors (Lipinski definition) is 1. The Labute approximate surface area is 164 Å². The first-order chi connectivity index (χ1) is 13.7. The summed E-state index contributed by atoms with van der Waals surface area (Å²) >= 11 is 0. The van der Waals surface area contributed by atoms with Crippen LogP contribution in [0.3, 0.4) is 0 Å². The highest BCUT2D eigenvalue weighted by Gasteiger charge is 2.21. The van der Waals surface area contributed by atoms with E-state index in [9.17, 15) is 9.90 Å². The maximum atomic E-state index is 11.4. The third-order valence-corrected chi connectivity index (χ3v) is 5.44. The zero-order chi connectivity index (χ0) is 19.3. The molecular formula is C23H23N3O2. The molecule has 0 radical (unpaired) electrons. The molecule has 1 N–H and O–H groups in total. The molecule has 0 spiro atoms. The smallest absolute Gasteiger partial charge is 0.336 e. The Morgan fingerprint density at radius 3 is 2.46 bits per heavy atom. The molecule has 0 bridgehead atoms. The number of nitrogens with zero attached hydrogens (tertiary/aromatic N) is 3. The van der Waals surface area contributed by atoms with Crippen LogP contribution in [0, 0.1) is 0 Å². The topological polar surface area (TPSA) is 66.3 Å². The predicted molar refractivity (Wildman–Crippen MR) is 108 cm³/mol. The summed E-state index contributed by atoms with van der Waals surface area (Å²) < 4.78 is 0. The number of aromatic nitrogens is 2. The molecule has 1 saturated heterocycles. The minimum absolute atomic E-state index is 0.335. The van der Waals surface area contributed by atoms with Gasteiger partial charge in [-0.15, -0.1) is 0 Å².